The van der Waals surface area contributed by atoms with Gasteiger partial charge in [0.25, 0.3) is 0 Å². The fraction of sp³-hybridized carbons (Fsp3) is 0.741. The molecular weight excluding hydrogens is 584 g/mol. The zero-order valence-electron chi connectivity index (χ0n) is 25.6. The maximum Gasteiger partial charge on any atom is 0.305 e. The number of hydrogen-bond donors (Lipinski definition) is 9. The van der Waals surface area contributed by atoms with Crippen LogP contribution in [0.5, 0.6) is 0 Å². The van der Waals surface area contributed by atoms with Crippen LogP contribution < -0.4 is 32.3 Å². The number of unbranched alkanes of at least 4 members (excludes halogenated alkanes) is 1. The Labute approximate surface area is 257 Å². The molecule has 0 spiro atoms. The first-order valence-corrected chi connectivity index (χ1v) is 14.7. The molecule has 0 unspecified atom stereocenters. The third-order valence-electron chi connectivity index (χ3n) is 6.74. The van der Waals surface area contributed by atoms with Crippen LogP contribution in [-0.4, -0.2) is 93.7 Å². The molecule has 0 aliphatic heterocycles. The van der Waals surface area contributed by atoms with Gasteiger partial charge in [0, 0.05) is 6.92 Å². The number of aliphatic carboxylic acids is 1. The lowest BCUT2D eigenvalue weighted by atomic mass is 9.97. The number of nitrogens with two attached hydrogens (primary N) is 1. The minimum atomic E-state index is -1.48. The van der Waals surface area contributed by atoms with Crippen LogP contribution in [0.1, 0.15) is 73.6 Å². The van der Waals surface area contributed by atoms with E-state index in [1.54, 1.807) is 20.8 Å². The number of aliphatic hydroxyl groups excluding tert-OH is 1. The number of thiol groups is 1. The van der Waals surface area contributed by atoms with Crippen molar-refractivity contribution in [3.63, 3.8) is 0 Å². The highest BCUT2D eigenvalue weighted by Gasteiger charge is 2.35. The zero-order valence-corrected chi connectivity index (χ0v) is 26.5. The summed E-state index contributed by atoms with van der Waals surface area (Å²) in [6.45, 7) is 9.66. The van der Waals surface area contributed by atoms with Gasteiger partial charge in [-0.15, -0.1) is 12.6 Å². The van der Waals surface area contributed by atoms with Crippen molar-refractivity contribution in [2.45, 2.75) is 110 Å². The van der Waals surface area contributed by atoms with E-state index in [9.17, 15) is 38.7 Å². The van der Waals surface area contributed by atoms with Crippen LogP contribution in [0.2, 0.25) is 0 Å². The summed E-state index contributed by atoms with van der Waals surface area (Å²) in [6, 6.07) is -6.32. The van der Waals surface area contributed by atoms with Crippen molar-refractivity contribution in [1.82, 2.24) is 26.6 Å². The molecule has 0 heterocycles. The van der Waals surface area contributed by atoms with Crippen LogP contribution in [0.15, 0.2) is 0 Å². The fourth-order valence-electron chi connectivity index (χ4n) is 4.02. The Hall–Kier alpha value is -3.24. The Bertz CT molecular complexity index is 994. The maximum atomic E-state index is 13.3. The Morgan fingerprint density at radius 2 is 1.26 bits per heavy atom. The summed E-state index contributed by atoms with van der Waals surface area (Å²) in [6.07, 6.45) is -0.531. The molecule has 0 saturated heterocycles. The summed E-state index contributed by atoms with van der Waals surface area (Å²) >= 11 is 3.63. The van der Waals surface area contributed by atoms with Crippen molar-refractivity contribution < 1.29 is 43.8 Å². The highest BCUT2D eigenvalue weighted by molar-refractivity contribution is 7.96. The Kier molecular flexibility index (Phi) is 18.4. The molecule has 0 saturated carbocycles. The van der Waals surface area contributed by atoms with Crippen LogP contribution in [0.4, 0.5) is 0 Å². The average Bonchev–Trinajstić information content (AvgIpc) is 2.90. The molecule has 246 valence electrons. The molecule has 15 nitrogen and oxygen atoms in total. The predicted molar refractivity (Wildman–Crippen MR) is 160 cm³/mol. The number of carbonyl (C=O) groups is 7. The highest BCUT2D eigenvalue weighted by Crippen LogP contribution is 2.11. The van der Waals surface area contributed by atoms with Gasteiger partial charge in [-0.3, -0.25) is 33.6 Å². The number of carboxylic acid groups (broad SMARTS) is 1. The standard InChI is InChI=1S/C27H48N6O9S/c1-7-14(4)21(29-16(6)35)25(40)33-22(15(5)34)26(41)32-20(13(2)3)24(39)30-17(10-8-9-11-28)23(38)31-18(27(42)43)12-19(36)37/h13-15,17-18,20-22,34H,7-12,28H2,1-6H3,(H,29,35)(H,30,39)(H,31,38)(H,32,41)(H,33,40)(H,36,37)(H,42,43)/t14-,15+,17-,18-,20-,21-,22-/m0/s1. The molecule has 0 rings (SSSR count). The molecule has 0 aromatic rings. The first-order valence-electron chi connectivity index (χ1n) is 14.3. The highest BCUT2D eigenvalue weighted by atomic mass is 32.1. The van der Waals surface area contributed by atoms with E-state index in [1.807, 2.05) is 6.92 Å². The van der Waals surface area contributed by atoms with E-state index in [0.717, 1.165) is 0 Å². The number of carboxylic acids is 1. The van der Waals surface area contributed by atoms with Gasteiger partial charge >= 0.3 is 5.97 Å². The molecule has 5 amide bonds. The van der Waals surface area contributed by atoms with E-state index in [-0.39, 0.29) is 12.3 Å². The molecule has 43 heavy (non-hydrogen) atoms. The summed E-state index contributed by atoms with van der Waals surface area (Å²) in [5.41, 5.74) is 5.54. The summed E-state index contributed by atoms with van der Waals surface area (Å²) < 4.78 is 0. The van der Waals surface area contributed by atoms with Gasteiger partial charge in [-0.25, -0.2) is 0 Å². The van der Waals surface area contributed by atoms with Gasteiger partial charge in [0.05, 0.1) is 12.5 Å². The summed E-state index contributed by atoms with van der Waals surface area (Å²) in [5.74, 6) is -5.76. The lowest BCUT2D eigenvalue weighted by Gasteiger charge is -2.30. The van der Waals surface area contributed by atoms with Crippen LogP contribution in [0.25, 0.3) is 0 Å². The van der Waals surface area contributed by atoms with Crippen LogP contribution in [0.3, 0.4) is 0 Å². The minimum Gasteiger partial charge on any atom is -0.481 e. The fourth-order valence-corrected chi connectivity index (χ4v) is 4.17. The van der Waals surface area contributed by atoms with Crippen molar-refractivity contribution in [2.75, 3.05) is 6.54 Å². The van der Waals surface area contributed by atoms with Gasteiger partial charge in [-0.1, -0.05) is 34.1 Å². The van der Waals surface area contributed by atoms with Gasteiger partial charge in [0.1, 0.15) is 30.2 Å². The molecule has 9 N–H and O–H groups in total. The quantitative estimate of drug-likeness (QED) is 0.0559. The predicted octanol–water partition coefficient (Wildman–Crippen LogP) is -1.43. The molecule has 0 radical (unpaired) electrons. The van der Waals surface area contributed by atoms with Crippen LogP contribution in [-0.2, 0) is 33.6 Å². The molecule has 0 aliphatic carbocycles. The average molecular weight is 633 g/mol. The van der Waals surface area contributed by atoms with Gasteiger partial charge in [0.2, 0.25) is 34.7 Å². The normalized spacial score (nSPS) is 16.0. The van der Waals surface area contributed by atoms with Crippen LogP contribution in [0, 0.1) is 11.8 Å². The van der Waals surface area contributed by atoms with E-state index >= 15 is 0 Å². The van der Waals surface area contributed by atoms with Gasteiger partial charge in [-0.2, -0.15) is 0 Å². The van der Waals surface area contributed by atoms with Gasteiger partial charge in [-0.05, 0) is 44.6 Å². The van der Waals surface area contributed by atoms with E-state index in [1.165, 1.54) is 13.8 Å². The van der Waals surface area contributed by atoms with Gasteiger partial charge < -0.3 is 42.5 Å². The third kappa shape index (κ3) is 14.7. The largest absolute Gasteiger partial charge is 0.481 e. The Balaban J connectivity index is 5.90. The Morgan fingerprint density at radius 1 is 0.744 bits per heavy atom. The second-order valence-electron chi connectivity index (χ2n) is 10.9. The molecule has 0 aliphatic rings. The van der Waals surface area contributed by atoms with E-state index < -0.39 is 89.3 Å². The molecule has 16 heteroatoms. The minimum absolute atomic E-state index is 0.0978. The van der Waals surface area contributed by atoms with Crippen molar-refractivity contribution in [1.29, 1.82) is 0 Å². The smallest absolute Gasteiger partial charge is 0.305 e. The number of amides is 5. The topological polar surface area (TPSA) is 246 Å². The molecule has 7 atom stereocenters. The molecule has 0 fully saturated rings. The molecular formula is C27H48N6O9S. The lowest BCUT2D eigenvalue weighted by molar-refractivity contribution is -0.139. The number of aliphatic hydroxyl groups is 1. The number of hydrogen-bond acceptors (Lipinski definition) is 9. The summed E-state index contributed by atoms with van der Waals surface area (Å²) in [7, 11) is 0. The molecule has 0 aromatic carbocycles. The monoisotopic (exact) mass is 632 g/mol. The molecule has 0 bridgehead atoms. The van der Waals surface area contributed by atoms with Crippen molar-refractivity contribution in [3.05, 3.63) is 0 Å². The second-order valence-corrected chi connectivity index (χ2v) is 11.3. The zero-order chi connectivity index (χ0) is 33.4. The van der Waals surface area contributed by atoms with Crippen LogP contribution >= 0.6 is 12.6 Å². The van der Waals surface area contributed by atoms with E-state index in [2.05, 4.69) is 39.2 Å². The lowest BCUT2D eigenvalue weighted by Crippen LogP contribution is -2.62. The first-order chi connectivity index (χ1) is 20.0. The Morgan fingerprint density at radius 3 is 1.70 bits per heavy atom. The first kappa shape index (κ1) is 39.8. The molecule has 0 aromatic heterocycles. The number of nitrogens with one attached hydrogen (secondary N) is 5. The summed E-state index contributed by atoms with van der Waals surface area (Å²) in [4.78, 5) is 87.0. The van der Waals surface area contributed by atoms with Gasteiger partial charge in [0.15, 0.2) is 0 Å². The van der Waals surface area contributed by atoms with E-state index in [0.29, 0.717) is 25.8 Å². The second kappa shape index (κ2) is 19.9. The van der Waals surface area contributed by atoms with Crippen molar-refractivity contribution >= 4 is 53.2 Å². The number of carbonyl (C=O) groups excluding carboxylic acids is 6. The van der Waals surface area contributed by atoms with Crippen molar-refractivity contribution in [3.8, 4) is 0 Å². The SMILES string of the molecule is CC[C@H](C)[C@H](NC(C)=O)C(=O)N[C@H](C(=O)N[C@H](C(=O)N[C@@H](CCCCN)C(=O)N[C@@H](CC(=O)O)C(=O)S)C(C)C)[C@@H](C)O. The van der Waals surface area contributed by atoms with E-state index in [4.69, 9.17) is 10.8 Å². The maximum absolute atomic E-state index is 13.3. The number of rotatable bonds is 20. The summed E-state index contributed by atoms with van der Waals surface area (Å²) in [5, 5.41) is 30.8. The third-order valence-corrected chi connectivity index (χ3v) is 7.05. The van der Waals surface area contributed by atoms with Crippen molar-refractivity contribution in [2.24, 2.45) is 17.6 Å².